The summed E-state index contributed by atoms with van der Waals surface area (Å²) in [6, 6.07) is 11.6. The number of carbonyl (C=O) groups is 1. The zero-order valence-corrected chi connectivity index (χ0v) is 12.1. The summed E-state index contributed by atoms with van der Waals surface area (Å²) in [5, 5.41) is 2.92. The minimum Gasteiger partial charge on any atom is -0.347 e. The van der Waals surface area contributed by atoms with Crippen LogP contribution in [0.5, 0.6) is 0 Å². The average molecular weight is 284 g/mol. The van der Waals surface area contributed by atoms with Crippen molar-refractivity contribution in [1.82, 2.24) is 5.32 Å². The van der Waals surface area contributed by atoms with Crippen molar-refractivity contribution in [2.75, 3.05) is 6.54 Å². The van der Waals surface area contributed by atoms with Gasteiger partial charge < -0.3 is 11.1 Å². The fourth-order valence-electron chi connectivity index (χ4n) is 1.74. The summed E-state index contributed by atoms with van der Waals surface area (Å²) in [5.74, 6) is 5.63. The number of thiophene rings is 1. The maximum atomic E-state index is 12.0. The number of amides is 1. The van der Waals surface area contributed by atoms with Crippen LogP contribution in [0.2, 0.25) is 0 Å². The van der Waals surface area contributed by atoms with Crippen LogP contribution < -0.4 is 11.1 Å². The molecule has 102 valence electrons. The van der Waals surface area contributed by atoms with Crippen LogP contribution in [0.4, 0.5) is 0 Å². The lowest BCUT2D eigenvalue weighted by Gasteiger charge is -2.06. The highest BCUT2D eigenvalue weighted by atomic mass is 32.1. The number of carbonyl (C=O) groups excluding carboxylic acids is 1. The first-order valence-electron chi connectivity index (χ1n) is 6.32. The van der Waals surface area contributed by atoms with Crippen molar-refractivity contribution in [2.24, 2.45) is 5.73 Å². The van der Waals surface area contributed by atoms with E-state index in [4.69, 9.17) is 5.73 Å². The molecular weight excluding hydrogens is 268 g/mol. The predicted octanol–water partition coefficient (Wildman–Crippen LogP) is 2.30. The van der Waals surface area contributed by atoms with E-state index < -0.39 is 0 Å². The Bertz CT molecular complexity index is 664. The van der Waals surface area contributed by atoms with E-state index >= 15 is 0 Å². The molecule has 0 unspecified atom stereocenters. The van der Waals surface area contributed by atoms with E-state index in [1.165, 1.54) is 16.9 Å². The molecule has 0 aliphatic heterocycles. The molecule has 0 aliphatic rings. The van der Waals surface area contributed by atoms with Gasteiger partial charge in [0.2, 0.25) is 0 Å². The van der Waals surface area contributed by atoms with Crippen LogP contribution in [-0.4, -0.2) is 12.5 Å². The Balaban J connectivity index is 1.98. The SMILES string of the molecule is Cc1ccccc1CNC(=O)c1ccc(C#CCN)s1. The van der Waals surface area contributed by atoms with Crippen LogP contribution in [0.3, 0.4) is 0 Å². The number of benzene rings is 1. The molecular formula is C16H16N2OS. The van der Waals surface area contributed by atoms with Gasteiger partial charge in [-0.3, -0.25) is 4.79 Å². The normalized spacial score (nSPS) is 9.70. The summed E-state index contributed by atoms with van der Waals surface area (Å²) in [6.07, 6.45) is 0. The summed E-state index contributed by atoms with van der Waals surface area (Å²) >= 11 is 1.38. The Kier molecular flexibility index (Phi) is 4.94. The quantitative estimate of drug-likeness (QED) is 0.850. The van der Waals surface area contributed by atoms with Crippen molar-refractivity contribution in [3.8, 4) is 11.8 Å². The average Bonchev–Trinajstić information content (AvgIpc) is 2.93. The minimum absolute atomic E-state index is 0.0703. The van der Waals surface area contributed by atoms with Gasteiger partial charge in [0.25, 0.3) is 5.91 Å². The van der Waals surface area contributed by atoms with E-state index in [1.54, 1.807) is 6.07 Å². The summed E-state index contributed by atoms with van der Waals surface area (Å²) in [6.45, 7) is 2.90. The topological polar surface area (TPSA) is 55.1 Å². The zero-order valence-electron chi connectivity index (χ0n) is 11.3. The van der Waals surface area contributed by atoms with Crippen LogP contribution in [0.25, 0.3) is 0 Å². The Hall–Kier alpha value is -2.09. The third-order valence-electron chi connectivity index (χ3n) is 2.84. The van der Waals surface area contributed by atoms with Gasteiger partial charge in [0.1, 0.15) is 0 Å². The third kappa shape index (κ3) is 3.70. The van der Waals surface area contributed by atoms with E-state index in [1.807, 2.05) is 37.3 Å². The van der Waals surface area contributed by atoms with Crippen LogP contribution in [0.15, 0.2) is 36.4 Å². The molecule has 4 heteroatoms. The van der Waals surface area contributed by atoms with Crippen LogP contribution in [-0.2, 0) is 6.54 Å². The lowest BCUT2D eigenvalue weighted by molar-refractivity contribution is 0.0955. The van der Waals surface area contributed by atoms with Crippen molar-refractivity contribution in [3.05, 3.63) is 57.3 Å². The molecule has 0 bridgehead atoms. The van der Waals surface area contributed by atoms with E-state index in [0.29, 0.717) is 18.0 Å². The number of nitrogens with two attached hydrogens (primary N) is 1. The molecule has 0 saturated carbocycles. The number of rotatable bonds is 3. The molecule has 3 N–H and O–H groups in total. The van der Waals surface area contributed by atoms with E-state index in [0.717, 1.165) is 10.4 Å². The summed E-state index contributed by atoms with van der Waals surface area (Å²) in [5.41, 5.74) is 7.62. The van der Waals surface area contributed by atoms with E-state index in [-0.39, 0.29) is 5.91 Å². The maximum absolute atomic E-state index is 12.0. The summed E-state index contributed by atoms with van der Waals surface area (Å²) in [4.78, 5) is 13.6. The Morgan fingerprint density at radius 2 is 2.10 bits per heavy atom. The Morgan fingerprint density at radius 3 is 2.85 bits per heavy atom. The van der Waals surface area contributed by atoms with Crippen LogP contribution in [0.1, 0.15) is 25.7 Å². The van der Waals surface area contributed by atoms with Gasteiger partial charge in [0.05, 0.1) is 16.3 Å². The molecule has 0 spiro atoms. The van der Waals surface area contributed by atoms with Gasteiger partial charge in [0.15, 0.2) is 0 Å². The number of nitrogens with one attached hydrogen (secondary N) is 1. The first kappa shape index (κ1) is 14.3. The molecule has 0 aliphatic carbocycles. The fourth-order valence-corrected chi connectivity index (χ4v) is 2.53. The highest BCUT2D eigenvalue weighted by Crippen LogP contribution is 2.15. The van der Waals surface area contributed by atoms with Crippen LogP contribution >= 0.6 is 11.3 Å². The first-order valence-corrected chi connectivity index (χ1v) is 7.14. The predicted molar refractivity (Wildman–Crippen MR) is 82.6 cm³/mol. The fraction of sp³-hybridized carbons (Fsp3) is 0.188. The van der Waals surface area contributed by atoms with Gasteiger partial charge in [-0.1, -0.05) is 36.1 Å². The molecule has 0 saturated heterocycles. The second-order valence-corrected chi connectivity index (χ2v) is 5.36. The second-order valence-electron chi connectivity index (χ2n) is 4.28. The maximum Gasteiger partial charge on any atom is 0.261 e. The Labute approximate surface area is 122 Å². The van der Waals surface area contributed by atoms with Crippen molar-refractivity contribution in [2.45, 2.75) is 13.5 Å². The molecule has 0 atom stereocenters. The van der Waals surface area contributed by atoms with Gasteiger partial charge in [-0.25, -0.2) is 0 Å². The van der Waals surface area contributed by atoms with Crippen LogP contribution in [0, 0.1) is 18.8 Å². The molecule has 0 radical (unpaired) electrons. The van der Waals surface area contributed by atoms with Gasteiger partial charge in [0, 0.05) is 6.54 Å². The monoisotopic (exact) mass is 284 g/mol. The second kappa shape index (κ2) is 6.90. The lowest BCUT2D eigenvalue weighted by atomic mass is 10.1. The standard InChI is InChI=1S/C16H16N2OS/c1-12-5-2-3-6-13(12)11-18-16(19)15-9-8-14(20-15)7-4-10-17/h2-3,5-6,8-9H,10-11,17H2,1H3,(H,18,19). The molecule has 1 aromatic heterocycles. The van der Waals surface area contributed by atoms with Crippen molar-refractivity contribution in [3.63, 3.8) is 0 Å². The number of aryl methyl sites for hydroxylation is 1. The van der Waals surface area contributed by atoms with Gasteiger partial charge in [-0.05, 0) is 30.2 Å². The van der Waals surface area contributed by atoms with Gasteiger partial charge in [-0.15, -0.1) is 11.3 Å². The number of hydrogen-bond acceptors (Lipinski definition) is 3. The molecule has 2 aromatic rings. The Morgan fingerprint density at radius 1 is 1.30 bits per heavy atom. The molecule has 3 nitrogen and oxygen atoms in total. The highest BCUT2D eigenvalue weighted by Gasteiger charge is 2.08. The first-order chi connectivity index (χ1) is 9.70. The molecule has 20 heavy (non-hydrogen) atoms. The highest BCUT2D eigenvalue weighted by molar-refractivity contribution is 7.14. The van der Waals surface area contributed by atoms with E-state index in [9.17, 15) is 4.79 Å². The van der Waals surface area contributed by atoms with E-state index in [2.05, 4.69) is 17.2 Å². The van der Waals surface area contributed by atoms with Crippen molar-refractivity contribution in [1.29, 1.82) is 0 Å². The molecule has 1 amide bonds. The smallest absolute Gasteiger partial charge is 0.261 e. The molecule has 1 heterocycles. The molecule has 0 fully saturated rings. The van der Waals surface area contributed by atoms with Crippen molar-refractivity contribution < 1.29 is 4.79 Å². The third-order valence-corrected chi connectivity index (χ3v) is 3.84. The lowest BCUT2D eigenvalue weighted by Crippen LogP contribution is -2.22. The van der Waals surface area contributed by atoms with Crippen molar-refractivity contribution >= 4 is 17.2 Å². The molecule has 2 rings (SSSR count). The minimum atomic E-state index is -0.0703. The summed E-state index contributed by atoms with van der Waals surface area (Å²) in [7, 11) is 0. The molecule has 1 aromatic carbocycles. The van der Waals surface area contributed by atoms with Gasteiger partial charge >= 0.3 is 0 Å². The van der Waals surface area contributed by atoms with Gasteiger partial charge in [-0.2, -0.15) is 0 Å². The number of hydrogen-bond donors (Lipinski definition) is 2. The summed E-state index contributed by atoms with van der Waals surface area (Å²) < 4.78 is 0. The largest absolute Gasteiger partial charge is 0.347 e. The zero-order chi connectivity index (χ0) is 14.4.